The van der Waals surface area contributed by atoms with E-state index in [2.05, 4.69) is 59.8 Å². The normalized spacial score (nSPS) is 9.80. The van der Waals surface area contributed by atoms with Crippen LogP contribution in [0.4, 0.5) is 0 Å². The van der Waals surface area contributed by atoms with Gasteiger partial charge in [-0.2, -0.15) is 0 Å². The van der Waals surface area contributed by atoms with E-state index in [-0.39, 0.29) is 102 Å². The second-order valence-electron chi connectivity index (χ2n) is 24.9. The second kappa shape index (κ2) is 50.6. The van der Waals surface area contributed by atoms with Gasteiger partial charge in [-0.05, 0) is 36.4 Å². The molecule has 0 radical (unpaired) electrons. The Balaban J connectivity index is 0.000000196. The van der Waals surface area contributed by atoms with Crippen molar-refractivity contribution in [3.05, 3.63) is 400 Å². The Morgan fingerprint density at radius 1 is 0.108 bits per heavy atom. The molecular weight excluding hydrogens is 1890 g/mol. The summed E-state index contributed by atoms with van der Waals surface area (Å²) in [6.45, 7) is 0. The zero-order chi connectivity index (χ0) is 78.5. The van der Waals surface area contributed by atoms with Crippen molar-refractivity contribution in [2.75, 3.05) is 0 Å². The maximum atomic E-state index is 5.16. The largest absolute Gasteiger partial charge is 1.00 e. The van der Waals surface area contributed by atoms with E-state index in [1.165, 1.54) is 0 Å². The van der Waals surface area contributed by atoms with Crippen LogP contribution in [0.2, 0.25) is 0 Å². The Hall–Kier alpha value is -10.4. The second-order valence-corrected chi connectivity index (χ2v) is 27.1. The molecule has 24 heteroatoms. The van der Waals surface area contributed by atoms with E-state index in [1.807, 2.05) is 400 Å². The number of aromatic nitrogens is 12. The van der Waals surface area contributed by atoms with Crippen molar-refractivity contribution >= 4 is 75.8 Å². The van der Waals surface area contributed by atoms with E-state index in [4.69, 9.17) is 75.8 Å². The maximum Gasteiger partial charge on any atom is 1.00 e. The minimum atomic E-state index is 0. The van der Waals surface area contributed by atoms with Crippen molar-refractivity contribution < 1.29 is 102 Å². The molecule has 12 aromatic carbocycles. The van der Waals surface area contributed by atoms with Gasteiger partial charge in [0.2, 0.25) is 0 Å². The van der Waals surface area contributed by atoms with Gasteiger partial charge in [0.1, 0.15) is 0 Å². The summed E-state index contributed by atoms with van der Waals surface area (Å²) >= 11 is 31.0. The predicted octanol–water partition coefficient (Wildman–Crippen LogP) is 22.3. The number of rotatable bonds is 12. The van der Waals surface area contributed by atoms with Gasteiger partial charge in [0.25, 0.3) is 0 Å². The Morgan fingerprint density at radius 3 is 0.242 bits per heavy atom. The first-order valence-electron chi connectivity index (χ1n) is 36.0. The molecule has 0 amide bonds. The zero-order valence-corrected chi connectivity index (χ0v) is 73.3. The van der Waals surface area contributed by atoms with Crippen LogP contribution in [-0.2, 0) is 178 Å². The Bertz CT molecular complexity index is 4740. The molecule has 0 aliphatic rings. The van der Waals surface area contributed by atoms with Gasteiger partial charge >= 0.3 is 102 Å². The number of hydrogen-bond donors (Lipinski definition) is 0. The van der Waals surface area contributed by atoms with Crippen molar-refractivity contribution in [1.29, 1.82) is 0 Å². The molecule has 12 nitrogen and oxygen atoms in total. The van der Waals surface area contributed by atoms with Crippen LogP contribution in [0.15, 0.2) is 431 Å². The molecule has 0 fully saturated rings. The van der Waals surface area contributed by atoms with E-state index in [9.17, 15) is 0 Å². The monoisotopic (exact) mass is 1960 g/mol. The summed E-state index contributed by atoms with van der Waals surface area (Å²) in [7, 11) is 0. The molecule has 0 unspecified atom stereocenters. The molecule has 0 N–H and O–H groups in total. The molecule has 0 aliphatic heterocycles. The summed E-state index contributed by atoms with van der Waals surface area (Å²) in [5.41, 5.74) is 22.9. The molecule has 18 aromatic rings. The topological polar surface area (TPSA) is 155 Å². The van der Waals surface area contributed by atoms with E-state index >= 15 is 0 Å². The Labute approximate surface area is 796 Å². The SMILES string of the molecule is [Cu+].[Cu+].[Cu+].[Cu+].[Cu+].[Cu+].[S-]c1nc(-c2ccccc2)cc(-c2ccccc2)n1.[S-]c1nc(-c2ccccc2)cc(-c2ccccc2)n1.[S-]c1nc(-c2ccccc2)cc(-c2ccccc2)n1.[S-]c1nc(-c2ccccc2)cc(-c2ccccc2)n1.[S-]c1nc(-c2ccccc2)cc(-c2ccccc2)n1.[S-]c1nc(-c2ccccc2)cc(-c2ccccc2)n1. The van der Waals surface area contributed by atoms with Crippen LogP contribution in [0.1, 0.15) is 0 Å². The number of benzene rings is 12. The van der Waals surface area contributed by atoms with E-state index in [0.29, 0.717) is 30.9 Å². The minimum absolute atomic E-state index is 0. The van der Waals surface area contributed by atoms with Gasteiger partial charge in [0.05, 0.1) is 68.3 Å². The van der Waals surface area contributed by atoms with Gasteiger partial charge < -0.3 is 75.8 Å². The van der Waals surface area contributed by atoms with Crippen LogP contribution in [0.25, 0.3) is 135 Å². The first-order valence-corrected chi connectivity index (χ1v) is 38.4. The van der Waals surface area contributed by atoms with E-state index in [1.54, 1.807) is 0 Å². The summed E-state index contributed by atoms with van der Waals surface area (Å²) in [6.07, 6.45) is 0. The number of hydrogen-bond acceptors (Lipinski definition) is 18. The fourth-order valence-corrected chi connectivity index (χ4v) is 12.8. The summed E-state index contributed by atoms with van der Waals surface area (Å²) < 4.78 is 0. The first kappa shape index (κ1) is 96.7. The molecule has 0 saturated heterocycles. The fourth-order valence-electron chi connectivity index (χ4n) is 11.6. The van der Waals surface area contributed by atoms with Gasteiger partial charge in [-0.25, -0.2) is 0 Å². The van der Waals surface area contributed by atoms with Crippen LogP contribution >= 0.6 is 0 Å². The third-order valence-corrected chi connectivity index (χ3v) is 18.2. The molecule has 6 heterocycles. The summed E-state index contributed by atoms with van der Waals surface area (Å²) in [5, 5.41) is 2.25. The number of nitrogens with zero attached hydrogens (tertiary/aromatic N) is 12. The van der Waals surface area contributed by atoms with Crippen LogP contribution < -0.4 is 0 Å². The first-order chi connectivity index (χ1) is 56.0. The molecule has 6 aromatic heterocycles. The Morgan fingerprint density at radius 2 is 0.175 bits per heavy atom. The summed E-state index contributed by atoms with van der Waals surface area (Å²) in [5.74, 6) is 0. The third-order valence-electron chi connectivity index (χ3n) is 17.1. The quantitative estimate of drug-likeness (QED) is 0.0646. The van der Waals surface area contributed by atoms with Crippen molar-refractivity contribution in [3.63, 3.8) is 0 Å². The van der Waals surface area contributed by atoms with Gasteiger partial charge in [-0.1, -0.05) is 364 Å². The van der Waals surface area contributed by atoms with Crippen LogP contribution in [-0.4, -0.2) is 59.8 Å². The Kier molecular flexibility index (Phi) is 40.8. The van der Waals surface area contributed by atoms with Crippen molar-refractivity contribution in [3.8, 4) is 135 Å². The molecule has 0 spiro atoms. The van der Waals surface area contributed by atoms with Gasteiger partial charge in [-0.3, -0.25) is 59.8 Å². The summed E-state index contributed by atoms with van der Waals surface area (Å²) in [6, 6.07) is 132. The molecule has 612 valence electrons. The summed E-state index contributed by atoms with van der Waals surface area (Å²) in [4.78, 5) is 52.0. The average Bonchev–Trinajstić information content (AvgIpc) is 0.854. The van der Waals surface area contributed by atoms with Gasteiger partial charge in [0.15, 0.2) is 0 Å². The molecule has 0 saturated carbocycles. The molecule has 0 aliphatic carbocycles. The van der Waals surface area contributed by atoms with Crippen LogP contribution in [0.5, 0.6) is 0 Å². The maximum absolute atomic E-state index is 5.16. The van der Waals surface area contributed by atoms with Crippen LogP contribution in [0, 0.1) is 0 Å². The third kappa shape index (κ3) is 28.9. The zero-order valence-electron chi connectivity index (χ0n) is 62.7. The van der Waals surface area contributed by atoms with Crippen molar-refractivity contribution in [2.45, 2.75) is 30.9 Å². The standard InChI is InChI=1S/6C16H12N2S.6Cu/c6*19-16-17-14(12-7-3-1-4-8-12)11-15(18-16)13-9-5-2-6-10-13;;;;;;/h6*1-11H,(H,17,18,19);;;;;;/q;;;;;;6*+1/p-6. The minimum Gasteiger partial charge on any atom is -0.740 e. The average molecular weight is 1960 g/mol. The molecular formula is C96H66Cu6N12S6. The molecule has 120 heavy (non-hydrogen) atoms. The molecule has 0 bridgehead atoms. The molecule has 18 rings (SSSR count). The molecule has 0 atom stereocenters. The van der Waals surface area contributed by atoms with Crippen molar-refractivity contribution in [2.24, 2.45) is 0 Å². The predicted molar refractivity (Wildman–Crippen MR) is 471 cm³/mol. The van der Waals surface area contributed by atoms with Crippen LogP contribution in [0.3, 0.4) is 0 Å². The van der Waals surface area contributed by atoms with Gasteiger partial charge in [0, 0.05) is 97.7 Å². The van der Waals surface area contributed by atoms with Gasteiger partial charge in [-0.15, -0.1) is 0 Å². The van der Waals surface area contributed by atoms with E-state index in [0.717, 1.165) is 135 Å². The van der Waals surface area contributed by atoms with E-state index < -0.39 is 0 Å². The van der Waals surface area contributed by atoms with Crippen molar-refractivity contribution in [1.82, 2.24) is 59.8 Å². The fraction of sp³-hybridized carbons (Fsp3) is 0. The smallest absolute Gasteiger partial charge is 0.740 e.